The standard InChI is InChI=1S/C20H25N3O5S/c1-29(27,28)20-12-17(4-7-19(20)23(25)26)21-13-15-2-5-18(6-3-15)22-10-8-16(14-24)9-11-22/h2-7,12,16,21,24H,8-11,13-14H2,1H3. The van der Waals surface area contributed by atoms with Crippen LogP contribution >= 0.6 is 0 Å². The highest BCUT2D eigenvalue weighted by Crippen LogP contribution is 2.28. The summed E-state index contributed by atoms with van der Waals surface area (Å²) in [6.07, 6.45) is 2.94. The van der Waals surface area contributed by atoms with Gasteiger partial charge in [0.1, 0.15) is 4.90 Å². The number of nitro benzene ring substituents is 1. The predicted molar refractivity (Wildman–Crippen MR) is 112 cm³/mol. The van der Waals surface area contributed by atoms with Crippen molar-refractivity contribution in [3.63, 3.8) is 0 Å². The Morgan fingerprint density at radius 1 is 1.17 bits per heavy atom. The first kappa shape index (κ1) is 21.1. The van der Waals surface area contributed by atoms with Crippen LogP contribution in [0.25, 0.3) is 0 Å². The third kappa shape index (κ3) is 5.24. The van der Waals surface area contributed by atoms with Gasteiger partial charge in [-0.2, -0.15) is 0 Å². The highest BCUT2D eigenvalue weighted by Gasteiger charge is 2.22. The molecule has 2 aromatic carbocycles. The Morgan fingerprint density at radius 3 is 2.38 bits per heavy atom. The molecular weight excluding hydrogens is 394 g/mol. The Balaban J connectivity index is 1.65. The van der Waals surface area contributed by atoms with Crippen molar-refractivity contribution in [2.24, 2.45) is 5.92 Å². The Kier molecular flexibility index (Phi) is 6.39. The normalized spacial score (nSPS) is 15.3. The fraction of sp³-hybridized carbons (Fsp3) is 0.400. The number of benzene rings is 2. The van der Waals surface area contributed by atoms with Gasteiger partial charge in [-0.1, -0.05) is 12.1 Å². The second kappa shape index (κ2) is 8.79. The van der Waals surface area contributed by atoms with E-state index in [-0.39, 0.29) is 11.5 Å². The number of aliphatic hydroxyl groups is 1. The molecule has 0 atom stereocenters. The van der Waals surface area contributed by atoms with Crippen LogP contribution < -0.4 is 10.2 Å². The van der Waals surface area contributed by atoms with Crippen molar-refractivity contribution in [3.8, 4) is 0 Å². The lowest BCUT2D eigenvalue weighted by Gasteiger charge is -2.33. The van der Waals surface area contributed by atoms with Crippen molar-refractivity contribution < 1.29 is 18.4 Å². The molecule has 1 saturated heterocycles. The van der Waals surface area contributed by atoms with Crippen LogP contribution in [-0.2, 0) is 16.4 Å². The van der Waals surface area contributed by atoms with E-state index in [0.717, 1.165) is 43.4 Å². The maximum atomic E-state index is 11.9. The summed E-state index contributed by atoms with van der Waals surface area (Å²) in [5.74, 6) is 0.397. The molecule has 0 spiro atoms. The lowest BCUT2D eigenvalue weighted by atomic mass is 9.97. The van der Waals surface area contributed by atoms with Crippen LogP contribution in [0.5, 0.6) is 0 Å². The number of piperidine rings is 1. The summed E-state index contributed by atoms with van der Waals surface area (Å²) in [4.78, 5) is 12.4. The predicted octanol–water partition coefficient (Wildman–Crippen LogP) is 2.82. The second-order valence-electron chi connectivity index (χ2n) is 7.34. The minimum absolute atomic E-state index is 0.252. The van der Waals surface area contributed by atoms with Gasteiger partial charge in [-0.15, -0.1) is 0 Å². The summed E-state index contributed by atoms with van der Waals surface area (Å²) < 4.78 is 23.7. The molecule has 3 rings (SSSR count). The fourth-order valence-electron chi connectivity index (χ4n) is 3.47. The van der Waals surface area contributed by atoms with E-state index in [1.54, 1.807) is 0 Å². The molecule has 0 aliphatic carbocycles. The largest absolute Gasteiger partial charge is 0.396 e. The smallest absolute Gasteiger partial charge is 0.288 e. The molecule has 156 valence electrons. The zero-order chi connectivity index (χ0) is 21.0. The van der Waals surface area contributed by atoms with Crippen LogP contribution in [-0.4, -0.2) is 44.4 Å². The number of nitro groups is 1. The first-order valence-electron chi connectivity index (χ1n) is 9.45. The van der Waals surface area contributed by atoms with E-state index in [1.807, 2.05) is 24.3 Å². The quantitative estimate of drug-likeness (QED) is 0.524. The minimum Gasteiger partial charge on any atom is -0.396 e. The van der Waals surface area contributed by atoms with E-state index >= 15 is 0 Å². The van der Waals surface area contributed by atoms with E-state index < -0.39 is 20.4 Å². The number of nitrogens with one attached hydrogen (secondary N) is 1. The molecule has 1 heterocycles. The molecule has 0 radical (unpaired) electrons. The molecule has 1 aliphatic heterocycles. The van der Waals surface area contributed by atoms with Crippen molar-refractivity contribution in [2.45, 2.75) is 24.3 Å². The molecule has 2 aromatic rings. The van der Waals surface area contributed by atoms with Crippen LogP contribution in [0.15, 0.2) is 47.4 Å². The highest BCUT2D eigenvalue weighted by molar-refractivity contribution is 7.90. The molecule has 0 amide bonds. The van der Waals surface area contributed by atoms with Gasteiger partial charge in [0.05, 0.1) is 4.92 Å². The van der Waals surface area contributed by atoms with E-state index in [1.165, 1.54) is 18.2 Å². The number of sulfone groups is 1. The molecule has 1 aliphatic rings. The van der Waals surface area contributed by atoms with Crippen LogP contribution in [0.4, 0.5) is 17.1 Å². The van der Waals surface area contributed by atoms with Gasteiger partial charge in [-0.25, -0.2) is 8.42 Å². The average Bonchev–Trinajstić information content (AvgIpc) is 2.72. The Bertz CT molecular complexity index is 968. The average molecular weight is 420 g/mol. The van der Waals surface area contributed by atoms with E-state index in [2.05, 4.69) is 10.2 Å². The Labute approximate surface area is 170 Å². The summed E-state index contributed by atoms with van der Waals surface area (Å²) >= 11 is 0. The van der Waals surface area contributed by atoms with Gasteiger partial charge in [0, 0.05) is 49.9 Å². The Morgan fingerprint density at radius 2 is 1.83 bits per heavy atom. The molecule has 29 heavy (non-hydrogen) atoms. The van der Waals surface area contributed by atoms with Gasteiger partial charge in [0.25, 0.3) is 5.69 Å². The monoisotopic (exact) mass is 419 g/mol. The second-order valence-corrected chi connectivity index (χ2v) is 9.33. The van der Waals surface area contributed by atoms with Crippen LogP contribution in [0.1, 0.15) is 18.4 Å². The number of aliphatic hydroxyl groups excluding tert-OH is 1. The number of hydrogen-bond acceptors (Lipinski definition) is 7. The van der Waals surface area contributed by atoms with E-state index in [9.17, 15) is 23.6 Å². The van der Waals surface area contributed by atoms with Crippen molar-refractivity contribution >= 4 is 26.9 Å². The van der Waals surface area contributed by atoms with Gasteiger partial charge in [-0.3, -0.25) is 10.1 Å². The van der Waals surface area contributed by atoms with Gasteiger partial charge >= 0.3 is 0 Å². The third-order valence-electron chi connectivity index (χ3n) is 5.23. The van der Waals surface area contributed by atoms with Crippen molar-refractivity contribution in [1.29, 1.82) is 0 Å². The minimum atomic E-state index is -3.71. The van der Waals surface area contributed by atoms with Gasteiger partial charge in [-0.05, 0) is 48.6 Å². The summed E-state index contributed by atoms with van der Waals surface area (Å²) in [5, 5.41) is 23.4. The molecule has 0 aromatic heterocycles. The zero-order valence-electron chi connectivity index (χ0n) is 16.2. The van der Waals surface area contributed by atoms with Crippen molar-refractivity contribution in [3.05, 3.63) is 58.1 Å². The summed E-state index contributed by atoms with van der Waals surface area (Å²) in [6.45, 7) is 2.58. The van der Waals surface area contributed by atoms with Gasteiger partial charge in [0.2, 0.25) is 0 Å². The number of hydrogen-bond donors (Lipinski definition) is 2. The van der Waals surface area contributed by atoms with Crippen LogP contribution in [0, 0.1) is 16.0 Å². The maximum Gasteiger partial charge on any atom is 0.288 e. The van der Waals surface area contributed by atoms with E-state index in [0.29, 0.717) is 18.2 Å². The fourth-order valence-corrected chi connectivity index (χ4v) is 4.34. The summed E-state index contributed by atoms with van der Waals surface area (Å²) in [7, 11) is -3.71. The Hall–Kier alpha value is -2.65. The molecule has 0 unspecified atom stereocenters. The maximum absolute atomic E-state index is 11.9. The number of anilines is 2. The highest BCUT2D eigenvalue weighted by atomic mass is 32.2. The molecule has 8 nitrogen and oxygen atoms in total. The summed E-state index contributed by atoms with van der Waals surface area (Å²) in [5.41, 5.74) is 2.23. The van der Waals surface area contributed by atoms with Crippen LogP contribution in [0.3, 0.4) is 0 Å². The van der Waals surface area contributed by atoms with Crippen LogP contribution in [0.2, 0.25) is 0 Å². The lowest BCUT2D eigenvalue weighted by Crippen LogP contribution is -2.34. The van der Waals surface area contributed by atoms with Gasteiger partial charge in [0.15, 0.2) is 9.84 Å². The van der Waals surface area contributed by atoms with E-state index in [4.69, 9.17) is 0 Å². The molecule has 9 heteroatoms. The topological polar surface area (TPSA) is 113 Å². The third-order valence-corrected chi connectivity index (χ3v) is 6.35. The first-order chi connectivity index (χ1) is 13.8. The molecule has 1 fully saturated rings. The first-order valence-corrected chi connectivity index (χ1v) is 11.3. The number of rotatable bonds is 7. The number of nitrogens with zero attached hydrogens (tertiary/aromatic N) is 2. The zero-order valence-corrected chi connectivity index (χ0v) is 17.1. The molecule has 0 bridgehead atoms. The molecule has 2 N–H and O–H groups in total. The molecular formula is C20H25N3O5S. The van der Waals surface area contributed by atoms with Crippen molar-refractivity contribution in [2.75, 3.05) is 36.2 Å². The van der Waals surface area contributed by atoms with Crippen molar-refractivity contribution in [1.82, 2.24) is 0 Å². The SMILES string of the molecule is CS(=O)(=O)c1cc(NCc2ccc(N3CCC(CO)CC3)cc2)ccc1[N+](=O)[O-]. The lowest BCUT2D eigenvalue weighted by molar-refractivity contribution is -0.387. The summed E-state index contributed by atoms with van der Waals surface area (Å²) in [6, 6.07) is 12.1. The van der Waals surface area contributed by atoms with Gasteiger partial charge < -0.3 is 15.3 Å². The molecule has 0 saturated carbocycles.